The Morgan fingerprint density at radius 2 is 1.93 bits per heavy atom. The van der Waals surface area contributed by atoms with Crippen molar-refractivity contribution in [2.75, 3.05) is 0 Å². The van der Waals surface area contributed by atoms with Gasteiger partial charge >= 0.3 is 6.18 Å². The van der Waals surface area contributed by atoms with Crippen LogP contribution in [0.3, 0.4) is 0 Å². The lowest BCUT2D eigenvalue weighted by Gasteiger charge is -2.08. The van der Waals surface area contributed by atoms with E-state index >= 15 is 0 Å². The Hall–Kier alpha value is -1.76. The van der Waals surface area contributed by atoms with Gasteiger partial charge in [0.05, 0.1) is 5.56 Å². The second kappa shape index (κ2) is 3.77. The molecule has 15 heavy (non-hydrogen) atoms. The van der Waals surface area contributed by atoms with Crippen LogP contribution in [0.4, 0.5) is 13.2 Å². The molecule has 0 aliphatic rings. The summed E-state index contributed by atoms with van der Waals surface area (Å²) in [6, 6.07) is 3.06. The average Bonchev–Trinajstić information content (AvgIpc) is 2.14. The van der Waals surface area contributed by atoms with E-state index in [-0.39, 0.29) is 5.56 Å². The van der Waals surface area contributed by atoms with Crippen LogP contribution in [0.5, 0.6) is 0 Å². The van der Waals surface area contributed by atoms with Gasteiger partial charge in [-0.1, -0.05) is 0 Å². The quantitative estimate of drug-likeness (QED) is 0.397. The minimum Gasteiger partial charge on any atom is -0.279 e. The lowest BCUT2D eigenvalue weighted by atomic mass is 10.0. The van der Waals surface area contributed by atoms with Crippen LogP contribution in [0.15, 0.2) is 18.2 Å². The van der Waals surface area contributed by atoms with Gasteiger partial charge in [-0.3, -0.25) is 4.79 Å². The smallest absolute Gasteiger partial charge is 0.279 e. The van der Waals surface area contributed by atoms with Crippen LogP contribution in [0.1, 0.15) is 21.5 Å². The van der Waals surface area contributed by atoms with Gasteiger partial charge in [-0.25, -0.2) is 0 Å². The molecule has 0 radical (unpaired) electrons. The molecule has 0 fully saturated rings. The van der Waals surface area contributed by atoms with Gasteiger partial charge in [0.15, 0.2) is 0 Å². The highest BCUT2D eigenvalue weighted by Gasteiger charge is 2.31. The van der Waals surface area contributed by atoms with Gasteiger partial charge < -0.3 is 0 Å². The molecule has 4 heteroatoms. The number of rotatable bonds is 1. The highest BCUT2D eigenvalue weighted by molar-refractivity contribution is 6.08. The molecule has 0 aliphatic carbocycles. The summed E-state index contributed by atoms with van der Waals surface area (Å²) in [4.78, 5) is 11.0. The van der Waals surface area contributed by atoms with E-state index in [0.29, 0.717) is 5.56 Å². The van der Waals surface area contributed by atoms with Crippen molar-refractivity contribution in [3.05, 3.63) is 34.9 Å². The minimum atomic E-state index is -4.46. The molecule has 0 aromatic heterocycles. The lowest BCUT2D eigenvalue weighted by Crippen LogP contribution is -2.07. The second-order valence-corrected chi connectivity index (χ2v) is 3.06. The average molecular weight is 212 g/mol. The van der Waals surface area contributed by atoms with Crippen molar-refractivity contribution in [1.29, 1.82) is 0 Å². The summed E-state index contributed by atoms with van der Waals surface area (Å²) in [6.07, 6.45) is 0.370. The van der Waals surface area contributed by atoms with E-state index in [1.807, 2.05) is 0 Å². The number of alkyl halides is 3. The molecular formula is C11H7F3O. The van der Waals surface area contributed by atoms with E-state index in [1.165, 1.54) is 13.0 Å². The highest BCUT2D eigenvalue weighted by atomic mass is 19.4. The molecule has 0 N–H and O–H groups in total. The van der Waals surface area contributed by atoms with Gasteiger partial charge in [0, 0.05) is 5.56 Å². The Bertz CT molecular complexity index is 438. The van der Waals surface area contributed by atoms with Crippen LogP contribution in [-0.4, -0.2) is 5.78 Å². The van der Waals surface area contributed by atoms with E-state index in [0.717, 1.165) is 12.1 Å². The third kappa shape index (κ3) is 2.59. The fourth-order valence-corrected chi connectivity index (χ4v) is 1.16. The molecule has 0 saturated carbocycles. The van der Waals surface area contributed by atoms with Gasteiger partial charge in [-0.05, 0) is 36.6 Å². The second-order valence-electron chi connectivity index (χ2n) is 3.06. The topological polar surface area (TPSA) is 17.1 Å². The number of carbonyl (C=O) groups is 1. The zero-order chi connectivity index (χ0) is 11.6. The molecule has 0 unspecified atom stereocenters. The van der Waals surface area contributed by atoms with Crippen molar-refractivity contribution in [2.24, 2.45) is 0 Å². The summed E-state index contributed by atoms with van der Waals surface area (Å²) in [5.74, 6) is 1.03. The molecule has 1 nitrogen and oxygen atoms in total. The number of carbonyl (C=O) groups excluding carboxylic acids is 1. The number of ketones is 1. The first-order valence-corrected chi connectivity index (χ1v) is 4.04. The molecule has 1 rings (SSSR count). The third-order valence-corrected chi connectivity index (χ3v) is 1.80. The molecule has 0 heterocycles. The summed E-state index contributed by atoms with van der Waals surface area (Å²) >= 11 is 0. The number of terminal acetylenes is 1. The fraction of sp³-hybridized carbons (Fsp3) is 0.182. The molecule has 0 atom stereocenters. The molecular weight excluding hydrogens is 205 g/mol. The van der Waals surface area contributed by atoms with Crippen molar-refractivity contribution in [1.82, 2.24) is 0 Å². The van der Waals surface area contributed by atoms with Crippen LogP contribution in [0, 0.1) is 19.3 Å². The van der Waals surface area contributed by atoms with Crippen LogP contribution in [-0.2, 0) is 6.18 Å². The van der Waals surface area contributed by atoms with Gasteiger partial charge in [0.25, 0.3) is 0 Å². The standard InChI is InChI=1S/C11H7F3O/c1-3-10(15)8-4-7(2)5-9(6-8)11(12,13)14/h1,4-6H,2H3. The number of hydrogen-bond donors (Lipinski definition) is 0. The summed E-state index contributed by atoms with van der Waals surface area (Å²) < 4.78 is 37.1. The van der Waals surface area contributed by atoms with Crippen molar-refractivity contribution < 1.29 is 18.0 Å². The van der Waals surface area contributed by atoms with Gasteiger partial charge in [0.1, 0.15) is 0 Å². The van der Waals surface area contributed by atoms with E-state index in [2.05, 4.69) is 0 Å². The summed E-state index contributed by atoms with van der Waals surface area (Å²) in [6.45, 7) is 1.47. The Labute approximate surface area is 84.9 Å². The Kier molecular flexibility index (Phi) is 2.85. The van der Waals surface area contributed by atoms with E-state index < -0.39 is 17.5 Å². The number of halogens is 3. The molecule has 1 aromatic rings. The van der Waals surface area contributed by atoms with Gasteiger partial charge in [0.2, 0.25) is 5.78 Å². The van der Waals surface area contributed by atoms with E-state index in [9.17, 15) is 18.0 Å². The van der Waals surface area contributed by atoms with Crippen LogP contribution >= 0.6 is 0 Å². The molecule has 0 spiro atoms. The zero-order valence-corrected chi connectivity index (χ0v) is 7.85. The van der Waals surface area contributed by atoms with Crippen molar-refractivity contribution in [3.8, 4) is 12.3 Å². The minimum absolute atomic E-state index is 0.107. The largest absolute Gasteiger partial charge is 0.416 e. The molecule has 0 bridgehead atoms. The molecule has 0 amide bonds. The molecule has 0 saturated heterocycles. The maximum atomic E-state index is 12.4. The monoisotopic (exact) mass is 212 g/mol. The first-order valence-electron chi connectivity index (χ1n) is 4.04. The van der Waals surface area contributed by atoms with Gasteiger partial charge in [-0.15, -0.1) is 6.42 Å². The van der Waals surface area contributed by atoms with Crippen LogP contribution < -0.4 is 0 Å². The van der Waals surface area contributed by atoms with Crippen molar-refractivity contribution in [2.45, 2.75) is 13.1 Å². The fourth-order valence-electron chi connectivity index (χ4n) is 1.16. The molecule has 78 valence electrons. The predicted octanol–water partition coefficient (Wildman–Crippen LogP) is 2.83. The number of benzene rings is 1. The predicted molar refractivity (Wildman–Crippen MR) is 49.3 cm³/mol. The van der Waals surface area contributed by atoms with Crippen molar-refractivity contribution in [3.63, 3.8) is 0 Å². The molecule has 0 aliphatic heterocycles. The first kappa shape index (κ1) is 11.3. The van der Waals surface area contributed by atoms with Crippen LogP contribution in [0.2, 0.25) is 0 Å². The van der Waals surface area contributed by atoms with E-state index in [1.54, 1.807) is 5.92 Å². The van der Waals surface area contributed by atoms with Crippen molar-refractivity contribution >= 4 is 5.78 Å². The SMILES string of the molecule is C#CC(=O)c1cc(C)cc(C(F)(F)F)c1. The maximum Gasteiger partial charge on any atom is 0.416 e. The summed E-state index contributed by atoms with van der Waals surface area (Å²) in [7, 11) is 0. The van der Waals surface area contributed by atoms with Gasteiger partial charge in [-0.2, -0.15) is 13.2 Å². The Morgan fingerprint density at radius 3 is 2.40 bits per heavy atom. The van der Waals surface area contributed by atoms with Crippen LogP contribution in [0.25, 0.3) is 0 Å². The number of Topliss-reactive ketones (excluding diaryl/α,β-unsaturated/α-hetero) is 1. The Morgan fingerprint density at radius 1 is 1.33 bits per heavy atom. The zero-order valence-electron chi connectivity index (χ0n) is 7.85. The molecule has 1 aromatic carbocycles. The summed E-state index contributed by atoms with van der Waals surface area (Å²) in [5, 5.41) is 0. The number of aryl methyl sites for hydroxylation is 1. The van der Waals surface area contributed by atoms with E-state index in [4.69, 9.17) is 6.42 Å². The normalized spacial score (nSPS) is 10.9. The highest BCUT2D eigenvalue weighted by Crippen LogP contribution is 2.30. The summed E-state index contributed by atoms with van der Waals surface area (Å²) in [5.41, 5.74) is -0.616. The first-order chi connectivity index (χ1) is 6.84. The Balaban J connectivity index is 3.30. The lowest BCUT2D eigenvalue weighted by molar-refractivity contribution is -0.137. The third-order valence-electron chi connectivity index (χ3n) is 1.80. The number of hydrogen-bond acceptors (Lipinski definition) is 1. The maximum absolute atomic E-state index is 12.4.